The van der Waals surface area contributed by atoms with Gasteiger partial charge in [0.2, 0.25) is 0 Å². The van der Waals surface area contributed by atoms with E-state index in [1.165, 1.54) is 11.3 Å². The number of ether oxygens (including phenoxy) is 1. The van der Waals surface area contributed by atoms with Gasteiger partial charge in [-0.25, -0.2) is 4.98 Å². The largest absolute Gasteiger partial charge is 0.389 e. The van der Waals surface area contributed by atoms with Crippen molar-refractivity contribution in [2.75, 3.05) is 26.3 Å². The maximum Gasteiger partial charge on any atom is 0.260 e. The Balaban J connectivity index is 1.89. The highest BCUT2D eigenvalue weighted by molar-refractivity contribution is 7.17. The molecule has 2 aromatic heterocycles. The molecule has 6 nitrogen and oxygen atoms in total. The van der Waals surface area contributed by atoms with Gasteiger partial charge in [0.1, 0.15) is 10.7 Å². The number of hydrogen-bond acceptors (Lipinski definition) is 6. The third-order valence-corrected chi connectivity index (χ3v) is 6.03. The third kappa shape index (κ3) is 6.01. The molecule has 1 aromatic carbocycles. The highest BCUT2D eigenvalue weighted by Gasteiger charge is 2.18. The summed E-state index contributed by atoms with van der Waals surface area (Å²) in [6.45, 7) is 12.9. The van der Waals surface area contributed by atoms with Crippen molar-refractivity contribution in [1.82, 2.24) is 14.9 Å². The van der Waals surface area contributed by atoms with Crippen LogP contribution in [0.4, 0.5) is 0 Å². The third-order valence-electron chi connectivity index (χ3n) is 5.16. The van der Waals surface area contributed by atoms with Crippen LogP contribution >= 0.6 is 11.3 Å². The molecule has 3 rings (SSSR count). The molecule has 31 heavy (non-hydrogen) atoms. The summed E-state index contributed by atoms with van der Waals surface area (Å²) in [5, 5.41) is 13.0. The second-order valence-corrected chi connectivity index (χ2v) is 9.42. The van der Waals surface area contributed by atoms with Gasteiger partial charge in [-0.05, 0) is 37.8 Å². The van der Waals surface area contributed by atoms with Gasteiger partial charge >= 0.3 is 0 Å². The lowest BCUT2D eigenvalue weighted by Gasteiger charge is -2.26. The van der Waals surface area contributed by atoms with Crippen LogP contribution in [0.5, 0.6) is 0 Å². The minimum absolute atomic E-state index is 0.114. The molecule has 0 aliphatic rings. The zero-order chi connectivity index (χ0) is 22.5. The Hall–Kier alpha value is -2.06. The van der Waals surface area contributed by atoms with Crippen LogP contribution in [0.25, 0.3) is 21.3 Å². The number of aromatic nitrogens is 2. The van der Waals surface area contributed by atoms with E-state index in [1.54, 1.807) is 0 Å². The van der Waals surface area contributed by atoms with Crippen molar-refractivity contribution in [3.63, 3.8) is 0 Å². The second kappa shape index (κ2) is 10.5. The van der Waals surface area contributed by atoms with E-state index in [0.29, 0.717) is 43.4 Å². The molecule has 0 aliphatic heterocycles. The summed E-state index contributed by atoms with van der Waals surface area (Å²) in [5.41, 5.74) is 4.20. The minimum Gasteiger partial charge on any atom is -0.389 e. The van der Waals surface area contributed by atoms with Crippen molar-refractivity contribution in [2.45, 2.75) is 47.3 Å². The standard InChI is InChI=1S/C24H33N3O3S/c1-6-30-13-18(28)11-27(10-15(2)3)12-21-25-23(29)22-20(14-31-24(22)26-21)19-9-16(4)7-8-17(19)5/h7-9,14-15,18,28H,6,10-13H2,1-5H3,(H,25,26,29). The molecule has 2 heterocycles. The number of benzene rings is 1. The van der Waals surface area contributed by atoms with Gasteiger partial charge in [0.05, 0.1) is 24.6 Å². The summed E-state index contributed by atoms with van der Waals surface area (Å²) in [7, 11) is 0. The first-order chi connectivity index (χ1) is 14.8. The van der Waals surface area contributed by atoms with Crippen LogP contribution in [0.1, 0.15) is 37.7 Å². The SMILES string of the molecule is CCOCC(O)CN(Cc1nc2scc(-c3cc(C)ccc3C)c2c(=O)[nH]1)CC(C)C. The van der Waals surface area contributed by atoms with Gasteiger partial charge in [-0.15, -0.1) is 11.3 Å². The summed E-state index contributed by atoms with van der Waals surface area (Å²) in [6.07, 6.45) is -0.577. The summed E-state index contributed by atoms with van der Waals surface area (Å²) in [5.74, 6) is 1.04. The number of aliphatic hydroxyl groups excluding tert-OH is 1. The molecule has 0 radical (unpaired) electrons. The molecule has 1 atom stereocenters. The molecule has 0 aliphatic carbocycles. The highest BCUT2D eigenvalue weighted by atomic mass is 32.1. The molecule has 3 aromatic rings. The molecule has 7 heteroatoms. The van der Waals surface area contributed by atoms with E-state index < -0.39 is 6.10 Å². The van der Waals surface area contributed by atoms with Crippen LogP contribution < -0.4 is 5.56 Å². The van der Waals surface area contributed by atoms with Crippen molar-refractivity contribution in [1.29, 1.82) is 0 Å². The van der Waals surface area contributed by atoms with E-state index in [4.69, 9.17) is 9.72 Å². The van der Waals surface area contributed by atoms with E-state index in [0.717, 1.165) is 33.6 Å². The van der Waals surface area contributed by atoms with E-state index in [2.05, 4.69) is 55.8 Å². The number of nitrogens with zero attached hydrogens (tertiary/aromatic N) is 2. The number of aryl methyl sites for hydroxylation is 2. The Morgan fingerprint density at radius 1 is 1.23 bits per heavy atom. The molecule has 1 unspecified atom stereocenters. The molecule has 0 spiro atoms. The maximum absolute atomic E-state index is 13.0. The summed E-state index contributed by atoms with van der Waals surface area (Å²) >= 11 is 1.50. The molecule has 0 saturated heterocycles. The minimum atomic E-state index is -0.577. The van der Waals surface area contributed by atoms with E-state index in [-0.39, 0.29) is 5.56 Å². The predicted octanol–water partition coefficient (Wildman–Crippen LogP) is 4.12. The Kier molecular flexibility index (Phi) is 8.00. The first kappa shape index (κ1) is 23.6. The Morgan fingerprint density at radius 2 is 2.00 bits per heavy atom. The fourth-order valence-electron chi connectivity index (χ4n) is 3.83. The molecule has 0 saturated carbocycles. The maximum atomic E-state index is 13.0. The van der Waals surface area contributed by atoms with E-state index in [9.17, 15) is 9.90 Å². The number of thiophene rings is 1. The fraction of sp³-hybridized carbons (Fsp3) is 0.500. The number of nitrogens with one attached hydrogen (secondary N) is 1. The van der Waals surface area contributed by atoms with E-state index >= 15 is 0 Å². The Morgan fingerprint density at radius 3 is 2.71 bits per heavy atom. The van der Waals surface area contributed by atoms with Gasteiger partial charge in [-0.2, -0.15) is 0 Å². The van der Waals surface area contributed by atoms with Crippen LogP contribution in [-0.2, 0) is 11.3 Å². The number of aliphatic hydroxyl groups is 1. The van der Waals surface area contributed by atoms with Crippen LogP contribution in [0.3, 0.4) is 0 Å². The lowest BCUT2D eigenvalue weighted by molar-refractivity contribution is 0.0170. The molecular formula is C24H33N3O3S. The zero-order valence-electron chi connectivity index (χ0n) is 19.1. The molecule has 168 valence electrons. The Labute approximate surface area is 187 Å². The quantitative estimate of drug-likeness (QED) is 0.493. The van der Waals surface area contributed by atoms with Gasteiger partial charge in [0.25, 0.3) is 5.56 Å². The average molecular weight is 444 g/mol. The lowest BCUT2D eigenvalue weighted by Crippen LogP contribution is -2.37. The van der Waals surface area contributed by atoms with Crippen LogP contribution in [0, 0.1) is 19.8 Å². The van der Waals surface area contributed by atoms with Crippen LogP contribution in [0.15, 0.2) is 28.4 Å². The van der Waals surface area contributed by atoms with Gasteiger partial charge in [-0.3, -0.25) is 9.69 Å². The van der Waals surface area contributed by atoms with Crippen LogP contribution in [-0.4, -0.2) is 52.4 Å². The normalized spacial score (nSPS) is 12.9. The highest BCUT2D eigenvalue weighted by Crippen LogP contribution is 2.33. The predicted molar refractivity (Wildman–Crippen MR) is 128 cm³/mol. The lowest BCUT2D eigenvalue weighted by atomic mass is 9.99. The topological polar surface area (TPSA) is 78.5 Å². The molecular weight excluding hydrogens is 410 g/mol. The van der Waals surface area contributed by atoms with Gasteiger partial charge < -0.3 is 14.8 Å². The van der Waals surface area contributed by atoms with Crippen molar-refractivity contribution in [3.05, 3.63) is 50.9 Å². The molecule has 0 amide bonds. The monoisotopic (exact) mass is 443 g/mol. The number of fused-ring (bicyclic) bond motifs is 1. The van der Waals surface area contributed by atoms with E-state index in [1.807, 2.05) is 12.3 Å². The van der Waals surface area contributed by atoms with Crippen LogP contribution in [0.2, 0.25) is 0 Å². The Bertz CT molecular complexity index is 1070. The van der Waals surface area contributed by atoms with Crippen molar-refractivity contribution >= 4 is 21.6 Å². The molecule has 0 fully saturated rings. The van der Waals surface area contributed by atoms with Crippen molar-refractivity contribution in [2.24, 2.45) is 5.92 Å². The number of H-pyrrole nitrogens is 1. The van der Waals surface area contributed by atoms with Gasteiger partial charge in [0, 0.05) is 30.6 Å². The smallest absolute Gasteiger partial charge is 0.260 e. The van der Waals surface area contributed by atoms with Crippen molar-refractivity contribution < 1.29 is 9.84 Å². The number of rotatable bonds is 10. The summed E-state index contributed by atoms with van der Waals surface area (Å²) in [6, 6.07) is 6.28. The zero-order valence-corrected chi connectivity index (χ0v) is 19.9. The van der Waals surface area contributed by atoms with Crippen molar-refractivity contribution in [3.8, 4) is 11.1 Å². The second-order valence-electron chi connectivity index (χ2n) is 8.56. The molecule has 0 bridgehead atoms. The van der Waals surface area contributed by atoms with Gasteiger partial charge in [0.15, 0.2) is 0 Å². The number of hydrogen-bond donors (Lipinski definition) is 2. The fourth-order valence-corrected chi connectivity index (χ4v) is 4.79. The summed E-state index contributed by atoms with van der Waals surface area (Å²) < 4.78 is 5.34. The average Bonchev–Trinajstić information content (AvgIpc) is 3.12. The molecule has 2 N–H and O–H groups in total. The summed E-state index contributed by atoms with van der Waals surface area (Å²) in [4.78, 5) is 23.7. The first-order valence-electron chi connectivity index (χ1n) is 10.8. The van der Waals surface area contributed by atoms with Gasteiger partial charge in [-0.1, -0.05) is 37.6 Å². The number of aromatic amines is 1. The first-order valence-corrected chi connectivity index (χ1v) is 11.7.